The summed E-state index contributed by atoms with van der Waals surface area (Å²) in [5, 5.41) is 0.599. The van der Waals surface area contributed by atoms with Gasteiger partial charge in [0.05, 0.1) is 6.42 Å². The topological polar surface area (TPSA) is 76.7 Å². The number of hydrogen-bond donors (Lipinski definition) is 2. The highest BCUT2D eigenvalue weighted by molar-refractivity contribution is 6.30. The minimum Gasteiger partial charge on any atom is -0.485 e. The summed E-state index contributed by atoms with van der Waals surface area (Å²) < 4.78 is 11.0. The van der Waals surface area contributed by atoms with Crippen LogP contribution in [0.1, 0.15) is 5.56 Å². The van der Waals surface area contributed by atoms with E-state index in [-0.39, 0.29) is 18.9 Å². The molecule has 0 bridgehead atoms. The molecule has 7 heteroatoms. The SMILES string of the molecule is O=C(Cc1ccc(Cl)cc1)NNC(=O)C1COc2ccccc2O1. The van der Waals surface area contributed by atoms with E-state index in [1.807, 2.05) is 6.07 Å². The maximum absolute atomic E-state index is 12.1. The highest BCUT2D eigenvalue weighted by Gasteiger charge is 2.27. The molecule has 0 saturated heterocycles. The van der Waals surface area contributed by atoms with Gasteiger partial charge in [0.2, 0.25) is 12.0 Å². The first-order chi connectivity index (χ1) is 11.6. The largest absolute Gasteiger partial charge is 0.485 e. The van der Waals surface area contributed by atoms with E-state index in [2.05, 4.69) is 10.9 Å². The van der Waals surface area contributed by atoms with Crippen LogP contribution in [0.4, 0.5) is 0 Å². The molecule has 1 unspecified atom stereocenters. The van der Waals surface area contributed by atoms with E-state index in [4.69, 9.17) is 21.1 Å². The van der Waals surface area contributed by atoms with Crippen LogP contribution in [-0.2, 0) is 16.0 Å². The number of ether oxygens (including phenoxy) is 2. The summed E-state index contributed by atoms with van der Waals surface area (Å²) in [5.41, 5.74) is 5.49. The number of carbonyl (C=O) groups excluding carboxylic acids is 2. The van der Waals surface area contributed by atoms with Crippen molar-refractivity contribution < 1.29 is 19.1 Å². The van der Waals surface area contributed by atoms with Crippen molar-refractivity contribution in [3.05, 3.63) is 59.1 Å². The first-order valence-electron chi connectivity index (χ1n) is 7.33. The number of hydrogen-bond acceptors (Lipinski definition) is 4. The van der Waals surface area contributed by atoms with E-state index in [0.717, 1.165) is 5.56 Å². The summed E-state index contributed by atoms with van der Waals surface area (Å²) >= 11 is 5.79. The molecule has 0 spiro atoms. The van der Waals surface area contributed by atoms with E-state index in [1.165, 1.54) is 0 Å². The molecule has 0 aliphatic carbocycles. The molecule has 1 aliphatic rings. The number of carbonyl (C=O) groups is 2. The summed E-state index contributed by atoms with van der Waals surface area (Å²) in [7, 11) is 0. The smallest absolute Gasteiger partial charge is 0.283 e. The van der Waals surface area contributed by atoms with Crippen molar-refractivity contribution in [1.29, 1.82) is 0 Å². The predicted octanol–water partition coefficient (Wildman–Crippen LogP) is 1.87. The Morgan fingerprint density at radius 1 is 1.04 bits per heavy atom. The van der Waals surface area contributed by atoms with Crippen molar-refractivity contribution in [3.63, 3.8) is 0 Å². The van der Waals surface area contributed by atoms with Crippen LogP contribution in [0.2, 0.25) is 5.02 Å². The molecule has 2 aromatic rings. The van der Waals surface area contributed by atoms with Gasteiger partial charge in [-0.3, -0.25) is 20.4 Å². The Hall–Kier alpha value is -2.73. The molecular formula is C17H15ClN2O4. The molecule has 1 aliphatic heterocycles. The van der Waals surface area contributed by atoms with Gasteiger partial charge in [0, 0.05) is 5.02 Å². The fourth-order valence-electron chi connectivity index (χ4n) is 2.19. The average Bonchev–Trinajstić information content (AvgIpc) is 2.61. The monoisotopic (exact) mass is 346 g/mol. The first-order valence-corrected chi connectivity index (χ1v) is 7.71. The summed E-state index contributed by atoms with van der Waals surface area (Å²) in [6.07, 6.45) is -0.696. The van der Waals surface area contributed by atoms with Crippen LogP contribution in [0.25, 0.3) is 0 Å². The number of fused-ring (bicyclic) bond motifs is 1. The quantitative estimate of drug-likeness (QED) is 0.832. The van der Waals surface area contributed by atoms with Crippen LogP contribution in [0.5, 0.6) is 11.5 Å². The zero-order valence-corrected chi connectivity index (χ0v) is 13.4. The Balaban J connectivity index is 1.49. The van der Waals surface area contributed by atoms with Gasteiger partial charge in [0.1, 0.15) is 6.61 Å². The van der Waals surface area contributed by atoms with E-state index < -0.39 is 12.0 Å². The van der Waals surface area contributed by atoms with Gasteiger partial charge in [-0.2, -0.15) is 0 Å². The van der Waals surface area contributed by atoms with Gasteiger partial charge < -0.3 is 9.47 Å². The number of hydrazine groups is 1. The minimum atomic E-state index is -0.823. The molecule has 0 radical (unpaired) electrons. The third-order valence-corrected chi connectivity index (χ3v) is 3.66. The van der Waals surface area contributed by atoms with Crippen molar-refractivity contribution in [2.75, 3.05) is 6.61 Å². The van der Waals surface area contributed by atoms with Crippen molar-refractivity contribution in [2.45, 2.75) is 12.5 Å². The lowest BCUT2D eigenvalue weighted by molar-refractivity contribution is -0.134. The average molecular weight is 347 g/mol. The summed E-state index contributed by atoms with van der Waals surface area (Å²) in [6.45, 7) is 0.0793. The molecule has 2 aromatic carbocycles. The minimum absolute atomic E-state index is 0.0793. The van der Waals surface area contributed by atoms with Gasteiger partial charge >= 0.3 is 0 Å². The molecule has 124 valence electrons. The van der Waals surface area contributed by atoms with Crippen LogP contribution < -0.4 is 20.3 Å². The van der Waals surface area contributed by atoms with Gasteiger partial charge in [-0.25, -0.2) is 0 Å². The highest BCUT2D eigenvalue weighted by Crippen LogP contribution is 2.30. The van der Waals surface area contributed by atoms with Crippen molar-refractivity contribution in [1.82, 2.24) is 10.9 Å². The number of halogens is 1. The molecule has 2 N–H and O–H groups in total. The standard InChI is InChI=1S/C17H15ClN2O4/c18-12-7-5-11(6-8-12)9-16(21)19-20-17(22)15-10-23-13-3-1-2-4-14(13)24-15/h1-8,15H,9-10H2,(H,19,21)(H,20,22). The normalized spacial score (nSPS) is 15.5. The van der Waals surface area contributed by atoms with E-state index in [1.54, 1.807) is 42.5 Å². The van der Waals surface area contributed by atoms with Crippen LogP contribution in [0, 0.1) is 0 Å². The zero-order chi connectivity index (χ0) is 16.9. The molecule has 2 amide bonds. The molecular weight excluding hydrogens is 332 g/mol. The first kappa shape index (κ1) is 16.1. The third kappa shape index (κ3) is 3.97. The molecule has 0 saturated carbocycles. The Labute approximate surface area is 143 Å². The van der Waals surface area contributed by atoms with Crippen molar-refractivity contribution in [3.8, 4) is 11.5 Å². The number of benzene rings is 2. The van der Waals surface area contributed by atoms with Crippen LogP contribution in [-0.4, -0.2) is 24.5 Å². The molecule has 3 rings (SSSR count). The Bertz CT molecular complexity index is 749. The summed E-state index contributed by atoms with van der Waals surface area (Å²) in [4.78, 5) is 23.9. The predicted molar refractivity (Wildman–Crippen MR) is 87.8 cm³/mol. The van der Waals surface area contributed by atoms with Gasteiger partial charge in [0.15, 0.2) is 11.5 Å². The third-order valence-electron chi connectivity index (χ3n) is 3.40. The second-order valence-electron chi connectivity index (χ2n) is 5.20. The number of nitrogens with one attached hydrogen (secondary N) is 2. The summed E-state index contributed by atoms with van der Waals surface area (Å²) in [6, 6.07) is 14.0. The number of para-hydroxylation sites is 2. The maximum atomic E-state index is 12.1. The summed E-state index contributed by atoms with van der Waals surface area (Å²) in [5.74, 6) is 0.265. The van der Waals surface area contributed by atoms with Crippen LogP contribution in [0.15, 0.2) is 48.5 Å². The van der Waals surface area contributed by atoms with Gasteiger partial charge in [-0.15, -0.1) is 0 Å². The molecule has 0 fully saturated rings. The highest BCUT2D eigenvalue weighted by atomic mass is 35.5. The van der Waals surface area contributed by atoms with Gasteiger partial charge in [-0.05, 0) is 29.8 Å². The fourth-order valence-corrected chi connectivity index (χ4v) is 2.32. The molecule has 1 heterocycles. The fraction of sp³-hybridized carbons (Fsp3) is 0.176. The van der Waals surface area contributed by atoms with E-state index in [0.29, 0.717) is 16.5 Å². The van der Waals surface area contributed by atoms with Gasteiger partial charge in [0.25, 0.3) is 5.91 Å². The van der Waals surface area contributed by atoms with Gasteiger partial charge in [-0.1, -0.05) is 35.9 Å². The molecule has 0 aromatic heterocycles. The lowest BCUT2D eigenvalue weighted by atomic mass is 10.1. The molecule has 6 nitrogen and oxygen atoms in total. The lowest BCUT2D eigenvalue weighted by Crippen LogP contribution is -2.51. The van der Waals surface area contributed by atoms with Crippen LogP contribution in [0.3, 0.4) is 0 Å². The molecule has 1 atom stereocenters. The second kappa shape index (κ2) is 7.23. The maximum Gasteiger partial charge on any atom is 0.283 e. The van der Waals surface area contributed by atoms with Crippen LogP contribution >= 0.6 is 11.6 Å². The Kier molecular flexibility index (Phi) is 4.86. The number of rotatable bonds is 3. The number of amides is 2. The van der Waals surface area contributed by atoms with Crippen molar-refractivity contribution >= 4 is 23.4 Å². The van der Waals surface area contributed by atoms with E-state index in [9.17, 15) is 9.59 Å². The lowest BCUT2D eigenvalue weighted by Gasteiger charge is -2.25. The second-order valence-corrected chi connectivity index (χ2v) is 5.64. The Morgan fingerprint density at radius 2 is 1.75 bits per heavy atom. The Morgan fingerprint density at radius 3 is 2.50 bits per heavy atom. The van der Waals surface area contributed by atoms with E-state index >= 15 is 0 Å². The van der Waals surface area contributed by atoms with Crippen molar-refractivity contribution in [2.24, 2.45) is 0 Å². The molecule has 24 heavy (non-hydrogen) atoms. The zero-order valence-electron chi connectivity index (χ0n) is 12.6.